The summed E-state index contributed by atoms with van der Waals surface area (Å²) in [7, 11) is 0. The van der Waals surface area contributed by atoms with Crippen LogP contribution in [0, 0.1) is 0 Å². The van der Waals surface area contributed by atoms with Crippen molar-refractivity contribution in [3.05, 3.63) is 12.7 Å². The molecule has 0 atom stereocenters. The van der Waals surface area contributed by atoms with Gasteiger partial charge in [0.05, 0.1) is 0 Å². The van der Waals surface area contributed by atoms with Crippen molar-refractivity contribution >= 4 is 6.60 Å². The average molecular weight is 385 g/mol. The molecule has 0 radical (unpaired) electrons. The zero-order valence-electron chi connectivity index (χ0n) is 19.2. The van der Waals surface area contributed by atoms with E-state index in [1.165, 1.54) is 121 Å². The molecule has 0 aromatic heterocycles. The Balaban J connectivity index is 4.10. The third kappa shape index (κ3) is 12.5. The molecule has 0 bridgehead atoms. The minimum atomic E-state index is -1.53. The molecular weight excluding hydrogens is 331 g/mol. The Kier molecular flexibility index (Phi) is 16.3. The normalized spacial score (nSPS) is 13.5. The second kappa shape index (κ2) is 16.2. The summed E-state index contributed by atoms with van der Waals surface area (Å²) in [5.74, 6) is 0. The van der Waals surface area contributed by atoms with E-state index in [0.29, 0.717) is 0 Å². The predicted octanol–water partition coefficient (Wildman–Crippen LogP) is 9.27. The van der Waals surface area contributed by atoms with Crippen molar-refractivity contribution < 1.29 is 0 Å². The summed E-state index contributed by atoms with van der Waals surface area (Å²) in [5.41, 5.74) is 0. The van der Waals surface area contributed by atoms with Crippen LogP contribution in [0.25, 0.3) is 0 Å². The monoisotopic (exact) mass is 384 g/mol. The van der Waals surface area contributed by atoms with E-state index < -0.39 is 6.60 Å². The van der Waals surface area contributed by atoms with Crippen molar-refractivity contribution in [2.75, 3.05) is 31.3 Å². The minimum absolute atomic E-state index is 1.34. The summed E-state index contributed by atoms with van der Waals surface area (Å²) in [4.78, 5) is 0. The maximum atomic E-state index is 4.14. The molecule has 0 saturated heterocycles. The average Bonchev–Trinajstić information content (AvgIpc) is 2.64. The molecule has 0 aromatic carbocycles. The summed E-state index contributed by atoms with van der Waals surface area (Å²) < 4.78 is 0. The third-order valence-electron chi connectivity index (χ3n) is 6.58. The van der Waals surface area contributed by atoms with Gasteiger partial charge >= 0.3 is 161 Å². The summed E-state index contributed by atoms with van der Waals surface area (Å²) in [6, 6.07) is 0. The van der Waals surface area contributed by atoms with Crippen LogP contribution in [0.3, 0.4) is 0 Å². The molecule has 0 aromatic rings. The van der Waals surface area contributed by atoms with Gasteiger partial charge in [-0.2, -0.15) is 0 Å². The van der Waals surface area contributed by atoms with Crippen LogP contribution in [0.4, 0.5) is 0 Å². The number of rotatable bonds is 20. The van der Waals surface area contributed by atoms with E-state index in [1.54, 1.807) is 0 Å². The van der Waals surface area contributed by atoms with E-state index >= 15 is 0 Å². The van der Waals surface area contributed by atoms with E-state index in [4.69, 9.17) is 0 Å². The molecule has 0 nitrogen and oxygen atoms in total. The first-order valence-electron chi connectivity index (χ1n) is 12.1. The van der Waals surface area contributed by atoms with Gasteiger partial charge in [-0.3, -0.25) is 0 Å². The Morgan fingerprint density at radius 2 is 0.885 bits per heavy atom. The fraction of sp³-hybridized carbons (Fsp3) is 0.920. The van der Waals surface area contributed by atoms with Crippen molar-refractivity contribution in [1.82, 2.24) is 0 Å². The Bertz CT molecular complexity index is 312. The molecule has 0 aliphatic carbocycles. The first kappa shape index (κ1) is 26.2. The molecule has 0 unspecified atom stereocenters. The number of unbranched alkanes of at least 4 members (excludes halogenated alkanes) is 12. The van der Waals surface area contributed by atoms with E-state index in [9.17, 15) is 0 Å². The van der Waals surface area contributed by atoms with E-state index in [2.05, 4.69) is 40.1 Å². The molecule has 158 valence electrons. The van der Waals surface area contributed by atoms with Crippen LogP contribution >= 0.6 is 6.60 Å². The van der Waals surface area contributed by atoms with Crippen LogP contribution in [0.1, 0.15) is 117 Å². The van der Waals surface area contributed by atoms with Gasteiger partial charge in [-0.1, -0.05) is 6.92 Å². The second-order valence-electron chi connectivity index (χ2n) is 9.49. The van der Waals surface area contributed by atoms with Gasteiger partial charge in [0.1, 0.15) is 0 Å². The van der Waals surface area contributed by atoms with Gasteiger partial charge in [0.2, 0.25) is 0 Å². The minimum Gasteiger partial charge on any atom is -0.0654 e. The van der Waals surface area contributed by atoms with Crippen LogP contribution < -0.4 is 0 Å². The molecule has 0 saturated carbocycles. The van der Waals surface area contributed by atoms with Gasteiger partial charge < -0.3 is 0 Å². The Labute approximate surface area is 167 Å². The third-order valence-corrected chi connectivity index (χ3v) is 13.1. The summed E-state index contributed by atoms with van der Waals surface area (Å²) >= 11 is 0. The molecule has 0 N–H and O–H groups in total. The van der Waals surface area contributed by atoms with Crippen molar-refractivity contribution in [1.29, 1.82) is 0 Å². The molecule has 0 amide bonds. The fourth-order valence-corrected chi connectivity index (χ4v) is 10.4. The molecule has 1 heteroatoms. The van der Waals surface area contributed by atoms with Crippen LogP contribution in [0.2, 0.25) is 0 Å². The van der Waals surface area contributed by atoms with E-state index in [0.717, 1.165) is 0 Å². The van der Waals surface area contributed by atoms with Gasteiger partial charge in [-0.05, 0) is 0 Å². The number of hydrogen-bond donors (Lipinski definition) is 0. The topological polar surface area (TPSA) is 0 Å². The van der Waals surface area contributed by atoms with Crippen LogP contribution in [0.15, 0.2) is 12.7 Å². The smallest absolute Gasteiger partial charge is 0.0654 e. The molecule has 0 fully saturated rings. The number of hydrogen-bond acceptors (Lipinski definition) is 0. The van der Waals surface area contributed by atoms with Gasteiger partial charge in [-0.15, -0.1) is 0 Å². The van der Waals surface area contributed by atoms with Crippen LogP contribution in [-0.2, 0) is 0 Å². The van der Waals surface area contributed by atoms with E-state index in [1.807, 2.05) is 0 Å². The first-order chi connectivity index (χ1) is 12.5. The summed E-state index contributed by atoms with van der Waals surface area (Å²) in [5, 5.41) is 0. The standard InChI is InChI=1S/C25H53P/c1-6-10-13-14-15-16-17-18-19-20-21-25-26(5,22-9-4,23-11-7-2)24-12-8-3/h9H,4,6-8,10-25H2,1-3,5H3. The van der Waals surface area contributed by atoms with Crippen LogP contribution in [-0.4, -0.2) is 31.3 Å². The molecular formula is C25H53P. The molecule has 0 aliphatic heterocycles. The molecule has 0 rings (SSSR count). The SMILES string of the molecule is C=CCP(C)(CCCC)(CCCC)CCCCCCCCCCCCC. The van der Waals surface area contributed by atoms with Gasteiger partial charge in [0.15, 0.2) is 0 Å². The van der Waals surface area contributed by atoms with Crippen molar-refractivity contribution in [3.8, 4) is 0 Å². The fourth-order valence-electron chi connectivity index (χ4n) is 4.59. The van der Waals surface area contributed by atoms with Gasteiger partial charge in [0.25, 0.3) is 0 Å². The Morgan fingerprint density at radius 3 is 1.27 bits per heavy atom. The van der Waals surface area contributed by atoms with Crippen molar-refractivity contribution in [2.45, 2.75) is 117 Å². The Morgan fingerprint density at radius 1 is 0.538 bits per heavy atom. The maximum absolute atomic E-state index is 4.14. The Hall–Kier alpha value is 0.170. The number of allylic oxidation sites excluding steroid dienone is 1. The molecule has 0 heterocycles. The predicted molar refractivity (Wildman–Crippen MR) is 129 cm³/mol. The second-order valence-corrected chi connectivity index (χ2v) is 16.4. The van der Waals surface area contributed by atoms with Gasteiger partial charge in [-0.25, -0.2) is 0 Å². The zero-order valence-corrected chi connectivity index (χ0v) is 20.1. The summed E-state index contributed by atoms with van der Waals surface area (Å²) in [6.07, 6.45) is 29.8. The first-order valence-corrected chi connectivity index (χ1v) is 15.6. The molecule has 0 spiro atoms. The van der Waals surface area contributed by atoms with Crippen molar-refractivity contribution in [3.63, 3.8) is 0 Å². The van der Waals surface area contributed by atoms with Crippen LogP contribution in [0.5, 0.6) is 0 Å². The molecule has 0 aliphatic rings. The summed E-state index contributed by atoms with van der Waals surface area (Å²) in [6.45, 7) is 12.4. The van der Waals surface area contributed by atoms with Gasteiger partial charge in [0, 0.05) is 0 Å². The van der Waals surface area contributed by atoms with Crippen molar-refractivity contribution in [2.24, 2.45) is 0 Å². The zero-order chi connectivity index (χ0) is 19.6. The molecule has 26 heavy (non-hydrogen) atoms. The van der Waals surface area contributed by atoms with E-state index in [-0.39, 0.29) is 0 Å². The quantitative estimate of drug-likeness (QED) is 0.111.